The van der Waals surface area contributed by atoms with E-state index in [1.807, 2.05) is 18.7 Å². The van der Waals surface area contributed by atoms with Crippen molar-refractivity contribution in [3.63, 3.8) is 0 Å². The Morgan fingerprint density at radius 3 is 2.35 bits per heavy atom. The molecule has 0 radical (unpaired) electrons. The molecular weight excluding hydrogens is 300 g/mol. The van der Waals surface area contributed by atoms with E-state index in [1.165, 1.54) is 0 Å². The third-order valence-electron chi connectivity index (χ3n) is 4.08. The number of nitrogens with zero attached hydrogens (tertiary/aromatic N) is 1. The molecule has 1 amide bonds. The predicted molar refractivity (Wildman–Crippen MR) is 86.5 cm³/mol. The SMILES string of the molecule is COC(C)(C)CCN1CCC(NC(=O)OC(C)(C)C)(C(=O)O)C1. The van der Waals surface area contributed by atoms with Gasteiger partial charge in [0.15, 0.2) is 5.54 Å². The lowest BCUT2D eigenvalue weighted by atomic mass is 9.99. The zero-order valence-electron chi connectivity index (χ0n) is 15.1. The molecule has 0 aromatic carbocycles. The molecule has 0 aromatic rings. The first-order valence-electron chi connectivity index (χ1n) is 7.91. The average Bonchev–Trinajstić information content (AvgIpc) is 2.79. The zero-order valence-corrected chi connectivity index (χ0v) is 15.1. The maximum Gasteiger partial charge on any atom is 0.408 e. The molecule has 1 aliphatic rings. The number of hydrogen-bond donors (Lipinski definition) is 2. The highest BCUT2D eigenvalue weighted by atomic mass is 16.6. The van der Waals surface area contributed by atoms with E-state index in [2.05, 4.69) is 5.32 Å². The van der Waals surface area contributed by atoms with Crippen molar-refractivity contribution in [2.75, 3.05) is 26.7 Å². The standard InChI is InChI=1S/C16H30N2O5/c1-14(2,3)23-13(21)17-16(12(19)20)8-10-18(11-16)9-7-15(4,5)22-6/h7-11H2,1-6H3,(H,17,21)(H,19,20). The zero-order chi connectivity index (χ0) is 17.9. The van der Waals surface area contributed by atoms with Gasteiger partial charge in [-0.1, -0.05) is 0 Å². The van der Waals surface area contributed by atoms with Gasteiger partial charge in [-0.3, -0.25) is 0 Å². The summed E-state index contributed by atoms with van der Waals surface area (Å²) in [5.74, 6) is -1.03. The van der Waals surface area contributed by atoms with E-state index < -0.39 is 23.2 Å². The van der Waals surface area contributed by atoms with Gasteiger partial charge in [-0.15, -0.1) is 0 Å². The second-order valence-electron chi connectivity index (χ2n) is 7.75. The molecule has 7 heteroatoms. The summed E-state index contributed by atoms with van der Waals surface area (Å²) < 4.78 is 10.6. The van der Waals surface area contributed by atoms with Crippen LogP contribution in [0.2, 0.25) is 0 Å². The molecular formula is C16H30N2O5. The molecule has 0 spiro atoms. The van der Waals surface area contributed by atoms with Crippen molar-refractivity contribution in [1.29, 1.82) is 0 Å². The highest BCUT2D eigenvalue weighted by molar-refractivity contribution is 5.85. The van der Waals surface area contributed by atoms with Crippen LogP contribution in [0, 0.1) is 0 Å². The lowest BCUT2D eigenvalue weighted by Gasteiger charge is -2.29. The fraction of sp³-hybridized carbons (Fsp3) is 0.875. The molecule has 7 nitrogen and oxygen atoms in total. The third kappa shape index (κ3) is 5.99. The summed E-state index contributed by atoms with van der Waals surface area (Å²) >= 11 is 0. The number of rotatable bonds is 6. The number of carboxylic acids is 1. The van der Waals surface area contributed by atoms with Crippen LogP contribution in [0.5, 0.6) is 0 Å². The minimum atomic E-state index is -1.29. The number of alkyl carbamates (subject to hydrolysis) is 1. The summed E-state index contributed by atoms with van der Waals surface area (Å²) in [6.45, 7) is 10.8. The summed E-state index contributed by atoms with van der Waals surface area (Å²) in [6, 6.07) is 0. The fourth-order valence-electron chi connectivity index (χ4n) is 2.44. The Hall–Kier alpha value is -1.34. The first kappa shape index (κ1) is 19.7. The van der Waals surface area contributed by atoms with Crippen LogP contribution in [0.3, 0.4) is 0 Å². The summed E-state index contributed by atoms with van der Waals surface area (Å²) in [7, 11) is 1.66. The van der Waals surface area contributed by atoms with Crippen molar-refractivity contribution in [3.05, 3.63) is 0 Å². The van der Waals surface area contributed by atoms with Crippen LogP contribution in [-0.2, 0) is 14.3 Å². The van der Waals surface area contributed by atoms with Crippen molar-refractivity contribution in [2.24, 2.45) is 0 Å². The number of nitrogens with one attached hydrogen (secondary N) is 1. The van der Waals surface area contributed by atoms with Crippen LogP contribution < -0.4 is 5.32 Å². The van der Waals surface area contributed by atoms with Gasteiger partial charge in [0.1, 0.15) is 5.60 Å². The third-order valence-corrected chi connectivity index (χ3v) is 4.08. The first-order chi connectivity index (χ1) is 10.4. The molecule has 1 fully saturated rings. The molecule has 2 N–H and O–H groups in total. The first-order valence-corrected chi connectivity index (χ1v) is 7.91. The number of likely N-dealkylation sites (tertiary alicyclic amines) is 1. The minimum absolute atomic E-state index is 0.257. The van der Waals surface area contributed by atoms with Crippen molar-refractivity contribution in [3.8, 4) is 0 Å². The average molecular weight is 330 g/mol. The molecule has 1 atom stereocenters. The largest absolute Gasteiger partial charge is 0.479 e. The van der Waals surface area contributed by atoms with Gasteiger partial charge in [-0.05, 0) is 47.5 Å². The molecule has 0 aliphatic carbocycles. The molecule has 0 saturated carbocycles. The monoisotopic (exact) mass is 330 g/mol. The van der Waals surface area contributed by atoms with Gasteiger partial charge in [0.05, 0.1) is 5.60 Å². The summed E-state index contributed by atoms with van der Waals surface area (Å²) in [4.78, 5) is 25.7. The highest BCUT2D eigenvalue weighted by Crippen LogP contribution is 2.24. The van der Waals surface area contributed by atoms with Crippen molar-refractivity contribution in [1.82, 2.24) is 10.2 Å². The van der Waals surface area contributed by atoms with Gasteiger partial charge in [0.25, 0.3) is 0 Å². The Kier molecular flexibility index (Phi) is 6.04. The molecule has 1 aliphatic heterocycles. The van der Waals surface area contributed by atoms with Crippen LogP contribution in [0.4, 0.5) is 4.79 Å². The van der Waals surface area contributed by atoms with Gasteiger partial charge in [-0.2, -0.15) is 0 Å². The van der Waals surface area contributed by atoms with Gasteiger partial charge in [0.2, 0.25) is 0 Å². The van der Waals surface area contributed by atoms with Crippen molar-refractivity contribution >= 4 is 12.1 Å². The molecule has 1 heterocycles. The molecule has 0 bridgehead atoms. The lowest BCUT2D eigenvalue weighted by molar-refractivity contribution is -0.144. The van der Waals surface area contributed by atoms with Crippen LogP contribution in [-0.4, -0.2) is 65.6 Å². The van der Waals surface area contributed by atoms with Gasteiger partial charge in [-0.25, -0.2) is 9.59 Å². The van der Waals surface area contributed by atoms with E-state index in [1.54, 1.807) is 27.9 Å². The second-order valence-corrected chi connectivity index (χ2v) is 7.75. The smallest absolute Gasteiger partial charge is 0.408 e. The van der Waals surface area contributed by atoms with E-state index >= 15 is 0 Å². The Bertz CT molecular complexity index is 444. The normalized spacial score (nSPS) is 22.9. The molecule has 1 rings (SSSR count). The highest BCUT2D eigenvalue weighted by Gasteiger charge is 2.47. The Morgan fingerprint density at radius 1 is 1.26 bits per heavy atom. The van der Waals surface area contributed by atoms with Crippen LogP contribution in [0.1, 0.15) is 47.5 Å². The number of methoxy groups -OCH3 is 1. The van der Waals surface area contributed by atoms with E-state index in [9.17, 15) is 14.7 Å². The van der Waals surface area contributed by atoms with Gasteiger partial charge in [0, 0.05) is 26.7 Å². The van der Waals surface area contributed by atoms with E-state index in [4.69, 9.17) is 9.47 Å². The Morgan fingerprint density at radius 2 is 1.87 bits per heavy atom. The predicted octanol–water partition coefficient (Wildman–Crippen LogP) is 1.86. The summed E-state index contributed by atoms with van der Waals surface area (Å²) in [6.07, 6.45) is 0.444. The fourth-order valence-corrected chi connectivity index (χ4v) is 2.44. The number of carboxylic acid groups (broad SMARTS) is 1. The molecule has 23 heavy (non-hydrogen) atoms. The Labute approximate surface area is 138 Å². The van der Waals surface area contributed by atoms with Crippen molar-refractivity contribution < 1.29 is 24.2 Å². The molecule has 1 saturated heterocycles. The van der Waals surface area contributed by atoms with Crippen molar-refractivity contribution in [2.45, 2.75) is 64.2 Å². The van der Waals surface area contributed by atoms with E-state index in [-0.39, 0.29) is 12.1 Å². The number of ether oxygens (including phenoxy) is 2. The number of carbonyl (C=O) groups excluding carboxylic acids is 1. The topological polar surface area (TPSA) is 88.1 Å². The quantitative estimate of drug-likeness (QED) is 0.773. The lowest BCUT2D eigenvalue weighted by Crippen LogP contribution is -2.57. The Balaban J connectivity index is 2.66. The van der Waals surface area contributed by atoms with Gasteiger partial charge < -0.3 is 24.8 Å². The minimum Gasteiger partial charge on any atom is -0.479 e. The summed E-state index contributed by atoms with van der Waals surface area (Å²) in [5, 5.41) is 12.1. The second kappa shape index (κ2) is 7.05. The van der Waals surface area contributed by atoms with Crippen LogP contribution >= 0.6 is 0 Å². The number of carbonyl (C=O) groups is 2. The number of amides is 1. The number of aliphatic carboxylic acids is 1. The number of hydrogen-bond acceptors (Lipinski definition) is 5. The molecule has 0 aromatic heterocycles. The molecule has 134 valence electrons. The van der Waals surface area contributed by atoms with E-state index in [0.717, 1.165) is 6.42 Å². The maximum absolute atomic E-state index is 12.0. The van der Waals surface area contributed by atoms with E-state index in [0.29, 0.717) is 19.5 Å². The van der Waals surface area contributed by atoms with Gasteiger partial charge >= 0.3 is 12.1 Å². The van der Waals surface area contributed by atoms with Crippen LogP contribution in [0.15, 0.2) is 0 Å². The molecule has 1 unspecified atom stereocenters. The summed E-state index contributed by atoms with van der Waals surface area (Å²) in [5.41, 5.74) is -2.21. The van der Waals surface area contributed by atoms with Crippen LogP contribution in [0.25, 0.3) is 0 Å². The maximum atomic E-state index is 12.0.